The number of rotatable bonds is 4. The van der Waals surface area contributed by atoms with Crippen molar-refractivity contribution in [3.8, 4) is 5.75 Å². The summed E-state index contributed by atoms with van der Waals surface area (Å²) >= 11 is 0. The quantitative estimate of drug-likeness (QED) is 0.812. The Morgan fingerprint density at radius 2 is 1.57 bits per heavy atom. The Hall–Kier alpha value is -1.78. The van der Waals surface area contributed by atoms with Gasteiger partial charge < -0.3 is 14.0 Å². The van der Waals surface area contributed by atoms with Crippen LogP contribution in [-0.2, 0) is 15.7 Å². The minimum atomic E-state index is -0.401. The van der Waals surface area contributed by atoms with E-state index in [1.807, 2.05) is 42.5 Å². The standard InChI is InChI=1S/C19H23BO3/c1-18(2)19(3,14-15-10-12-17(21-4)13-11-15)23-20(22-18)16-8-6-5-7-9-16/h5-13H,14H2,1-4H3. The van der Waals surface area contributed by atoms with Crippen molar-refractivity contribution in [1.82, 2.24) is 0 Å². The van der Waals surface area contributed by atoms with Crippen LogP contribution in [0.15, 0.2) is 54.6 Å². The highest BCUT2D eigenvalue weighted by Gasteiger charge is 2.54. The maximum absolute atomic E-state index is 6.36. The number of benzene rings is 2. The molecule has 4 heteroatoms. The van der Waals surface area contributed by atoms with Gasteiger partial charge in [-0.2, -0.15) is 0 Å². The van der Waals surface area contributed by atoms with Crippen molar-refractivity contribution in [2.75, 3.05) is 7.11 Å². The van der Waals surface area contributed by atoms with E-state index in [9.17, 15) is 0 Å². The molecule has 1 unspecified atom stereocenters. The van der Waals surface area contributed by atoms with Crippen molar-refractivity contribution in [2.24, 2.45) is 0 Å². The van der Waals surface area contributed by atoms with Crippen molar-refractivity contribution in [3.63, 3.8) is 0 Å². The predicted octanol–water partition coefficient (Wildman–Crippen LogP) is 3.22. The van der Waals surface area contributed by atoms with E-state index in [0.29, 0.717) is 0 Å². The molecule has 3 rings (SSSR count). The molecule has 1 fully saturated rings. The van der Waals surface area contributed by atoms with Gasteiger partial charge in [0.25, 0.3) is 0 Å². The third-order valence-electron chi connectivity index (χ3n) is 4.81. The highest BCUT2D eigenvalue weighted by Crippen LogP contribution is 2.39. The molecule has 120 valence electrons. The molecular weight excluding hydrogens is 287 g/mol. The van der Waals surface area contributed by atoms with E-state index in [1.54, 1.807) is 7.11 Å². The van der Waals surface area contributed by atoms with E-state index < -0.39 is 5.60 Å². The zero-order chi connectivity index (χ0) is 16.5. The third-order valence-corrected chi connectivity index (χ3v) is 4.81. The Bertz CT molecular complexity index is 654. The highest BCUT2D eigenvalue weighted by atomic mass is 16.7. The van der Waals surface area contributed by atoms with E-state index >= 15 is 0 Å². The SMILES string of the molecule is COc1ccc(CC2(C)OB(c3ccccc3)OC2(C)C)cc1. The fraction of sp³-hybridized carbons (Fsp3) is 0.368. The molecule has 0 aromatic heterocycles. The summed E-state index contributed by atoms with van der Waals surface area (Å²) in [5.41, 5.74) is 1.48. The van der Waals surface area contributed by atoms with Crippen LogP contribution in [0, 0.1) is 0 Å². The zero-order valence-corrected chi connectivity index (χ0v) is 14.2. The molecule has 1 aliphatic heterocycles. The van der Waals surface area contributed by atoms with Gasteiger partial charge in [-0.3, -0.25) is 0 Å². The Morgan fingerprint density at radius 1 is 0.913 bits per heavy atom. The molecule has 3 nitrogen and oxygen atoms in total. The Morgan fingerprint density at radius 3 is 2.17 bits per heavy atom. The van der Waals surface area contributed by atoms with Crippen LogP contribution >= 0.6 is 0 Å². The lowest BCUT2D eigenvalue weighted by Gasteiger charge is -2.36. The fourth-order valence-corrected chi connectivity index (χ4v) is 2.93. The lowest BCUT2D eigenvalue weighted by atomic mass is 9.79. The second-order valence-electron chi connectivity index (χ2n) is 6.74. The highest BCUT2D eigenvalue weighted by molar-refractivity contribution is 6.62. The third kappa shape index (κ3) is 3.14. The lowest BCUT2D eigenvalue weighted by Crippen LogP contribution is -2.46. The summed E-state index contributed by atoms with van der Waals surface area (Å²) in [5, 5.41) is 0. The van der Waals surface area contributed by atoms with Gasteiger partial charge in [-0.05, 0) is 43.9 Å². The summed E-state index contributed by atoms with van der Waals surface area (Å²) in [4.78, 5) is 0. The molecule has 0 aliphatic carbocycles. The molecule has 1 saturated heterocycles. The fourth-order valence-electron chi connectivity index (χ4n) is 2.93. The maximum atomic E-state index is 6.36. The summed E-state index contributed by atoms with van der Waals surface area (Å²) in [6.45, 7) is 6.32. The van der Waals surface area contributed by atoms with Crippen molar-refractivity contribution >= 4 is 12.6 Å². The summed E-state index contributed by atoms with van der Waals surface area (Å²) in [7, 11) is 1.35. The number of methoxy groups -OCH3 is 1. The van der Waals surface area contributed by atoms with Crippen molar-refractivity contribution in [2.45, 2.75) is 38.4 Å². The molecule has 0 bridgehead atoms. The topological polar surface area (TPSA) is 27.7 Å². The minimum Gasteiger partial charge on any atom is -0.497 e. The number of hydrogen-bond acceptors (Lipinski definition) is 3. The first-order valence-corrected chi connectivity index (χ1v) is 7.97. The largest absolute Gasteiger partial charge is 0.497 e. The van der Waals surface area contributed by atoms with Crippen LogP contribution in [0.5, 0.6) is 5.75 Å². The van der Waals surface area contributed by atoms with Gasteiger partial charge in [0.1, 0.15) is 5.75 Å². The molecule has 1 heterocycles. The molecule has 2 aromatic rings. The lowest BCUT2D eigenvalue weighted by molar-refractivity contribution is -0.00877. The van der Waals surface area contributed by atoms with Crippen LogP contribution in [-0.4, -0.2) is 25.4 Å². The van der Waals surface area contributed by atoms with E-state index in [2.05, 4.69) is 32.9 Å². The molecule has 1 atom stereocenters. The van der Waals surface area contributed by atoms with Crippen LogP contribution < -0.4 is 10.2 Å². The number of hydrogen-bond donors (Lipinski definition) is 0. The molecule has 0 spiro atoms. The van der Waals surface area contributed by atoms with Crippen LogP contribution in [0.25, 0.3) is 0 Å². The van der Waals surface area contributed by atoms with Gasteiger partial charge in [-0.1, -0.05) is 42.5 Å². The summed E-state index contributed by atoms with van der Waals surface area (Å²) in [6, 6.07) is 18.2. The van der Waals surface area contributed by atoms with Gasteiger partial charge in [-0.15, -0.1) is 0 Å². The van der Waals surface area contributed by atoms with Crippen LogP contribution in [0.3, 0.4) is 0 Å². The minimum absolute atomic E-state index is 0.325. The van der Waals surface area contributed by atoms with Crippen LogP contribution in [0.4, 0.5) is 0 Å². The second-order valence-corrected chi connectivity index (χ2v) is 6.74. The Balaban J connectivity index is 1.81. The van der Waals surface area contributed by atoms with Gasteiger partial charge in [0.2, 0.25) is 0 Å². The normalized spacial score (nSPS) is 23.0. The monoisotopic (exact) mass is 310 g/mol. The first-order chi connectivity index (χ1) is 10.9. The van der Waals surface area contributed by atoms with Gasteiger partial charge in [0.15, 0.2) is 0 Å². The Kier molecular flexibility index (Phi) is 4.22. The number of ether oxygens (including phenoxy) is 1. The molecule has 1 aliphatic rings. The molecule has 23 heavy (non-hydrogen) atoms. The average molecular weight is 310 g/mol. The van der Waals surface area contributed by atoms with Gasteiger partial charge in [-0.25, -0.2) is 0 Å². The average Bonchev–Trinajstić information content (AvgIpc) is 2.79. The molecular formula is C19H23BO3. The predicted molar refractivity (Wildman–Crippen MR) is 93.2 cm³/mol. The molecule has 0 N–H and O–H groups in total. The smallest absolute Gasteiger partial charge is 0.494 e. The first-order valence-electron chi connectivity index (χ1n) is 7.97. The van der Waals surface area contributed by atoms with Gasteiger partial charge in [0.05, 0.1) is 18.3 Å². The second kappa shape index (κ2) is 6.02. The Labute approximate surface area is 138 Å². The van der Waals surface area contributed by atoms with E-state index in [0.717, 1.165) is 17.6 Å². The van der Waals surface area contributed by atoms with Gasteiger partial charge >= 0.3 is 7.12 Å². The van der Waals surface area contributed by atoms with Gasteiger partial charge in [0, 0.05) is 6.42 Å². The molecule has 0 saturated carbocycles. The first kappa shape index (κ1) is 16.1. The maximum Gasteiger partial charge on any atom is 0.494 e. The molecule has 0 amide bonds. The van der Waals surface area contributed by atoms with Crippen molar-refractivity contribution in [1.29, 1.82) is 0 Å². The summed E-state index contributed by atoms with van der Waals surface area (Å²) < 4.78 is 17.8. The zero-order valence-electron chi connectivity index (χ0n) is 14.2. The molecule has 0 radical (unpaired) electrons. The van der Waals surface area contributed by atoms with E-state index in [-0.39, 0.29) is 12.7 Å². The van der Waals surface area contributed by atoms with Crippen molar-refractivity contribution in [3.05, 3.63) is 60.2 Å². The van der Waals surface area contributed by atoms with E-state index in [1.165, 1.54) is 5.56 Å². The van der Waals surface area contributed by atoms with E-state index in [4.69, 9.17) is 14.0 Å². The summed E-state index contributed by atoms with van der Waals surface area (Å²) in [5.74, 6) is 0.865. The van der Waals surface area contributed by atoms with Crippen LogP contribution in [0.2, 0.25) is 0 Å². The molecule has 2 aromatic carbocycles. The van der Waals surface area contributed by atoms with Crippen LogP contribution in [0.1, 0.15) is 26.3 Å². The van der Waals surface area contributed by atoms with Crippen molar-refractivity contribution < 1.29 is 14.0 Å². The summed E-state index contributed by atoms with van der Waals surface area (Å²) in [6.07, 6.45) is 0.785.